The number of hydrogen-bond acceptors (Lipinski definition) is 9. The van der Waals surface area contributed by atoms with Crippen LogP contribution in [0.5, 0.6) is 11.6 Å². The Balaban J connectivity index is 1.40. The number of benzene rings is 2. The molecule has 0 aliphatic carbocycles. The van der Waals surface area contributed by atoms with Crippen LogP contribution in [0.4, 0.5) is 38.4 Å². The molecule has 3 atom stereocenters. The molecule has 1 aliphatic heterocycles. The molecule has 5 rings (SSSR count). The van der Waals surface area contributed by atoms with E-state index in [1.165, 1.54) is 23.4 Å². The second-order valence-electron chi connectivity index (χ2n) is 12.5. The summed E-state index contributed by atoms with van der Waals surface area (Å²) in [5.74, 6) is -0.226. The van der Waals surface area contributed by atoms with Crippen molar-refractivity contribution in [3.05, 3.63) is 66.2 Å². The lowest BCUT2D eigenvalue weighted by molar-refractivity contribution is -0.198. The van der Waals surface area contributed by atoms with Gasteiger partial charge in [-0.15, -0.1) is 0 Å². The van der Waals surface area contributed by atoms with Crippen LogP contribution in [0.1, 0.15) is 32.8 Å². The molecule has 1 fully saturated rings. The largest absolute Gasteiger partial charge is 0.444 e. The van der Waals surface area contributed by atoms with Gasteiger partial charge in [-0.25, -0.2) is 28.5 Å². The fourth-order valence-electron chi connectivity index (χ4n) is 5.23. The number of fused-ring (bicyclic) bond motifs is 1. The molecule has 256 valence electrons. The van der Waals surface area contributed by atoms with Gasteiger partial charge in [0.2, 0.25) is 11.8 Å². The van der Waals surface area contributed by atoms with Gasteiger partial charge >= 0.3 is 12.3 Å². The zero-order valence-electron chi connectivity index (χ0n) is 26.6. The van der Waals surface area contributed by atoms with Crippen molar-refractivity contribution in [1.29, 1.82) is 0 Å². The van der Waals surface area contributed by atoms with Gasteiger partial charge in [0.05, 0.1) is 23.5 Å². The number of hydrogen-bond donors (Lipinski definition) is 3. The van der Waals surface area contributed by atoms with Gasteiger partial charge in [-0.1, -0.05) is 12.1 Å². The van der Waals surface area contributed by atoms with Crippen molar-refractivity contribution in [2.75, 3.05) is 30.3 Å². The molecule has 0 bridgehead atoms. The maximum absolute atomic E-state index is 14.8. The highest BCUT2D eigenvalue weighted by molar-refractivity contribution is 5.99. The molecule has 4 aromatic rings. The summed E-state index contributed by atoms with van der Waals surface area (Å²) in [6.07, 6.45) is -6.35. The van der Waals surface area contributed by atoms with E-state index in [1.54, 1.807) is 58.0 Å². The average molecular weight is 675 g/mol. The first kappa shape index (κ1) is 34.5. The van der Waals surface area contributed by atoms with Crippen molar-refractivity contribution in [1.82, 2.24) is 19.9 Å². The highest BCUT2D eigenvalue weighted by Crippen LogP contribution is 2.39. The average Bonchev–Trinajstić information content (AvgIpc) is 3.00. The molecule has 15 heteroatoms. The number of nitrogens with one attached hydrogen (secondary N) is 2. The summed E-state index contributed by atoms with van der Waals surface area (Å²) in [4.78, 5) is 27.2. The van der Waals surface area contributed by atoms with Gasteiger partial charge in [-0.3, -0.25) is 0 Å². The van der Waals surface area contributed by atoms with Crippen LogP contribution < -0.4 is 15.4 Å². The van der Waals surface area contributed by atoms with E-state index in [-0.39, 0.29) is 48.2 Å². The molecule has 1 saturated heterocycles. The Kier molecular flexibility index (Phi) is 9.89. The normalized spacial score (nSPS) is 17.6. The van der Waals surface area contributed by atoms with Crippen molar-refractivity contribution in [2.24, 2.45) is 0 Å². The number of aromatic nitrogens is 3. The van der Waals surface area contributed by atoms with Crippen LogP contribution in [0.25, 0.3) is 22.0 Å². The third-order valence-electron chi connectivity index (χ3n) is 7.43. The number of likely N-dealkylation sites (tertiary alicyclic amines) is 1. The number of amides is 1. The summed E-state index contributed by atoms with van der Waals surface area (Å²) in [6, 6.07) is 10.2. The van der Waals surface area contributed by atoms with Gasteiger partial charge in [0, 0.05) is 48.7 Å². The van der Waals surface area contributed by atoms with E-state index in [1.807, 2.05) is 0 Å². The van der Waals surface area contributed by atoms with Crippen molar-refractivity contribution in [3.63, 3.8) is 0 Å². The fraction of sp³-hybridized carbons (Fsp3) is 0.394. The number of aryl methyl sites for hydroxylation is 1. The monoisotopic (exact) mass is 674 g/mol. The van der Waals surface area contributed by atoms with E-state index in [9.17, 15) is 31.9 Å². The number of aliphatic hydroxyl groups excluding tert-OH is 1. The van der Waals surface area contributed by atoms with Gasteiger partial charge in [0.1, 0.15) is 23.3 Å². The number of alkyl halides is 4. The van der Waals surface area contributed by atoms with Gasteiger partial charge in [0.15, 0.2) is 6.10 Å². The summed E-state index contributed by atoms with van der Waals surface area (Å²) in [5.41, 5.74) is 0.529. The lowest BCUT2D eigenvalue weighted by Crippen LogP contribution is -2.51. The minimum absolute atomic E-state index is 0.0856. The standard InChI is InChI=1S/C33H35F5N6O4/c1-18-7-8-21-22(9-10-24(35)27(21)41-15-26(45)33(36,37)38)28(18)47-29-23(6-5-12-39-29)25-11-13-40-30(43-25)42-20-14-19(34)16-44(17-20)31(46)48-32(2,3)4/h5-13,19-20,26,41,45H,14-17H2,1-4H3,(H,40,42,43)/t19-,20-,26+/m1/s1. The molecule has 0 spiro atoms. The number of halogens is 5. The second-order valence-corrected chi connectivity index (χ2v) is 12.5. The minimum Gasteiger partial charge on any atom is -0.444 e. The van der Waals surface area contributed by atoms with Gasteiger partial charge < -0.3 is 30.1 Å². The van der Waals surface area contributed by atoms with E-state index in [0.717, 1.165) is 6.07 Å². The maximum Gasteiger partial charge on any atom is 0.416 e. The van der Waals surface area contributed by atoms with Crippen LogP contribution in [0.15, 0.2) is 54.9 Å². The summed E-state index contributed by atoms with van der Waals surface area (Å²) in [7, 11) is 0. The predicted octanol–water partition coefficient (Wildman–Crippen LogP) is 7.03. The molecule has 3 N–H and O–H groups in total. The minimum atomic E-state index is -4.88. The highest BCUT2D eigenvalue weighted by atomic mass is 19.4. The predicted molar refractivity (Wildman–Crippen MR) is 169 cm³/mol. The molecule has 0 saturated carbocycles. The summed E-state index contributed by atoms with van der Waals surface area (Å²) < 4.78 is 79.9. The van der Waals surface area contributed by atoms with Crippen LogP contribution >= 0.6 is 0 Å². The van der Waals surface area contributed by atoms with Crippen molar-refractivity contribution in [2.45, 2.75) is 64.2 Å². The fourth-order valence-corrected chi connectivity index (χ4v) is 5.23. The first-order valence-corrected chi connectivity index (χ1v) is 15.1. The van der Waals surface area contributed by atoms with Crippen molar-refractivity contribution < 1.29 is 41.3 Å². The van der Waals surface area contributed by atoms with Crippen LogP contribution in [-0.4, -0.2) is 80.8 Å². The van der Waals surface area contributed by atoms with E-state index in [2.05, 4.69) is 25.6 Å². The topological polar surface area (TPSA) is 122 Å². The van der Waals surface area contributed by atoms with E-state index < -0.39 is 48.6 Å². The molecule has 2 aromatic carbocycles. The van der Waals surface area contributed by atoms with E-state index >= 15 is 0 Å². The Morgan fingerprint density at radius 2 is 1.81 bits per heavy atom. The van der Waals surface area contributed by atoms with Crippen molar-refractivity contribution in [3.8, 4) is 22.9 Å². The number of pyridine rings is 1. The van der Waals surface area contributed by atoms with Gasteiger partial charge in [0.25, 0.3) is 0 Å². The zero-order chi connectivity index (χ0) is 34.8. The van der Waals surface area contributed by atoms with Crippen LogP contribution in [0.2, 0.25) is 0 Å². The molecule has 3 heterocycles. The number of aliphatic hydroxyl groups is 1. The van der Waals surface area contributed by atoms with E-state index in [0.29, 0.717) is 22.2 Å². The lowest BCUT2D eigenvalue weighted by atomic mass is 10.0. The molecule has 10 nitrogen and oxygen atoms in total. The number of anilines is 2. The Morgan fingerprint density at radius 1 is 1.06 bits per heavy atom. The quantitative estimate of drug-likeness (QED) is 0.169. The number of piperidine rings is 1. The smallest absolute Gasteiger partial charge is 0.416 e. The Hall–Kier alpha value is -4.79. The molecule has 1 aliphatic rings. The number of carbonyl (C=O) groups excluding carboxylic acids is 1. The number of carbonyl (C=O) groups is 1. The molecule has 1 amide bonds. The number of ether oxygens (including phenoxy) is 2. The third-order valence-corrected chi connectivity index (χ3v) is 7.43. The molecule has 0 unspecified atom stereocenters. The Morgan fingerprint density at radius 3 is 2.54 bits per heavy atom. The third kappa shape index (κ3) is 8.19. The molecule has 48 heavy (non-hydrogen) atoms. The van der Waals surface area contributed by atoms with Gasteiger partial charge in [-0.05, 0) is 63.6 Å². The number of nitrogens with zero attached hydrogens (tertiary/aromatic N) is 4. The molecular weight excluding hydrogens is 639 g/mol. The first-order valence-electron chi connectivity index (χ1n) is 15.1. The van der Waals surface area contributed by atoms with Crippen molar-refractivity contribution >= 4 is 28.5 Å². The summed E-state index contributed by atoms with van der Waals surface area (Å²) in [6.45, 7) is 6.09. The van der Waals surface area contributed by atoms with Gasteiger partial charge in [-0.2, -0.15) is 13.2 Å². The number of rotatable bonds is 8. The first-order chi connectivity index (χ1) is 22.6. The maximum atomic E-state index is 14.8. The van der Waals surface area contributed by atoms with Crippen LogP contribution in [-0.2, 0) is 4.74 Å². The Labute approximate surface area is 273 Å². The Bertz CT molecular complexity index is 1780. The van der Waals surface area contributed by atoms with Crippen LogP contribution in [0.3, 0.4) is 0 Å². The molecule has 2 aromatic heterocycles. The SMILES string of the molecule is Cc1ccc2c(NC[C@H](O)C(F)(F)F)c(F)ccc2c1Oc1ncccc1-c1ccnc(N[C@@H]2C[C@@H](F)CN(C(=O)OC(C)(C)C)C2)n1. The summed E-state index contributed by atoms with van der Waals surface area (Å²) in [5, 5.41) is 15.5. The lowest BCUT2D eigenvalue weighted by Gasteiger charge is -2.36. The molecule has 0 radical (unpaired) electrons. The van der Waals surface area contributed by atoms with Crippen LogP contribution in [0, 0.1) is 12.7 Å². The highest BCUT2D eigenvalue weighted by Gasteiger charge is 2.38. The zero-order valence-corrected chi connectivity index (χ0v) is 26.6. The second kappa shape index (κ2) is 13.7. The molecular formula is C33H35F5N6O4. The summed E-state index contributed by atoms with van der Waals surface area (Å²) >= 11 is 0. The van der Waals surface area contributed by atoms with E-state index in [4.69, 9.17) is 9.47 Å².